The van der Waals surface area contributed by atoms with Crippen molar-refractivity contribution < 1.29 is 14.2 Å². The molecule has 1 heterocycles. The molecule has 1 atom stereocenters. The SMILES string of the molecule is COc1cc(N2CCCC2CO)c(N)cc1F. The van der Waals surface area contributed by atoms with Crippen LogP contribution in [0, 0.1) is 5.82 Å². The number of hydrogen-bond donors (Lipinski definition) is 2. The summed E-state index contributed by atoms with van der Waals surface area (Å²) < 4.78 is 18.4. The van der Waals surface area contributed by atoms with Crippen LogP contribution in [0.15, 0.2) is 12.1 Å². The number of hydrogen-bond acceptors (Lipinski definition) is 4. The number of aliphatic hydroxyl groups is 1. The van der Waals surface area contributed by atoms with Crippen LogP contribution in [-0.2, 0) is 0 Å². The molecule has 1 aromatic carbocycles. The Balaban J connectivity index is 2.37. The molecule has 17 heavy (non-hydrogen) atoms. The number of aliphatic hydroxyl groups excluding tert-OH is 1. The third-order valence-electron chi connectivity index (χ3n) is 3.20. The number of ether oxygens (including phenoxy) is 1. The van der Waals surface area contributed by atoms with E-state index >= 15 is 0 Å². The highest BCUT2D eigenvalue weighted by molar-refractivity contribution is 5.70. The van der Waals surface area contributed by atoms with Crippen LogP contribution in [-0.4, -0.2) is 31.4 Å². The van der Waals surface area contributed by atoms with Crippen LogP contribution in [0.3, 0.4) is 0 Å². The van der Waals surface area contributed by atoms with Crippen molar-refractivity contribution in [2.75, 3.05) is 30.9 Å². The van der Waals surface area contributed by atoms with Gasteiger partial charge in [-0.05, 0) is 12.8 Å². The summed E-state index contributed by atoms with van der Waals surface area (Å²) in [6, 6.07) is 2.92. The van der Waals surface area contributed by atoms with Gasteiger partial charge in [-0.1, -0.05) is 0 Å². The molecule has 1 aliphatic heterocycles. The fourth-order valence-corrected chi connectivity index (χ4v) is 2.31. The summed E-state index contributed by atoms with van der Waals surface area (Å²) in [4.78, 5) is 2.01. The smallest absolute Gasteiger partial charge is 0.167 e. The van der Waals surface area contributed by atoms with E-state index in [4.69, 9.17) is 10.5 Å². The summed E-state index contributed by atoms with van der Waals surface area (Å²) in [7, 11) is 1.42. The lowest BCUT2D eigenvalue weighted by molar-refractivity contribution is 0.266. The zero-order valence-electron chi connectivity index (χ0n) is 9.82. The third-order valence-corrected chi connectivity index (χ3v) is 3.20. The van der Waals surface area contributed by atoms with Crippen LogP contribution in [0.4, 0.5) is 15.8 Å². The van der Waals surface area contributed by atoms with Crippen molar-refractivity contribution in [2.45, 2.75) is 18.9 Å². The number of halogens is 1. The molecule has 0 saturated carbocycles. The predicted molar refractivity (Wildman–Crippen MR) is 64.8 cm³/mol. The largest absolute Gasteiger partial charge is 0.494 e. The average molecular weight is 240 g/mol. The van der Waals surface area contributed by atoms with Gasteiger partial charge in [-0.25, -0.2) is 4.39 Å². The zero-order chi connectivity index (χ0) is 12.4. The maximum Gasteiger partial charge on any atom is 0.167 e. The van der Waals surface area contributed by atoms with E-state index in [-0.39, 0.29) is 18.4 Å². The molecule has 0 amide bonds. The van der Waals surface area contributed by atoms with Crippen molar-refractivity contribution >= 4 is 11.4 Å². The van der Waals surface area contributed by atoms with E-state index in [0.29, 0.717) is 5.69 Å². The number of nitrogens with zero attached hydrogens (tertiary/aromatic N) is 1. The summed E-state index contributed by atoms with van der Waals surface area (Å²) in [5.74, 6) is -0.286. The molecule has 94 valence electrons. The normalized spacial score (nSPS) is 19.7. The summed E-state index contributed by atoms with van der Waals surface area (Å²) in [6.45, 7) is 0.906. The number of methoxy groups -OCH3 is 1. The van der Waals surface area contributed by atoms with Gasteiger partial charge in [0, 0.05) is 18.7 Å². The second-order valence-corrected chi connectivity index (χ2v) is 4.22. The molecule has 2 rings (SSSR count). The van der Waals surface area contributed by atoms with Crippen molar-refractivity contribution in [3.63, 3.8) is 0 Å². The highest BCUT2D eigenvalue weighted by Gasteiger charge is 2.26. The molecule has 0 aromatic heterocycles. The molecular formula is C12H17FN2O2. The van der Waals surface area contributed by atoms with E-state index in [1.165, 1.54) is 13.2 Å². The summed E-state index contributed by atoms with van der Waals surface area (Å²) >= 11 is 0. The number of nitrogens with two attached hydrogens (primary N) is 1. The first-order chi connectivity index (χ1) is 8.17. The second-order valence-electron chi connectivity index (χ2n) is 4.22. The molecule has 1 unspecified atom stereocenters. The van der Waals surface area contributed by atoms with Crippen LogP contribution in [0.25, 0.3) is 0 Å². The van der Waals surface area contributed by atoms with E-state index in [1.54, 1.807) is 6.07 Å². The summed E-state index contributed by atoms with van der Waals surface area (Å²) in [5.41, 5.74) is 6.94. The van der Waals surface area contributed by atoms with E-state index in [1.807, 2.05) is 4.90 Å². The quantitative estimate of drug-likeness (QED) is 0.784. The first-order valence-corrected chi connectivity index (χ1v) is 5.68. The van der Waals surface area contributed by atoms with Crippen LogP contribution >= 0.6 is 0 Å². The molecule has 1 saturated heterocycles. The predicted octanol–water partition coefficient (Wildman–Crippen LogP) is 1.38. The molecule has 0 spiro atoms. The minimum Gasteiger partial charge on any atom is -0.494 e. The maximum absolute atomic E-state index is 13.4. The molecule has 0 radical (unpaired) electrons. The van der Waals surface area contributed by atoms with Gasteiger partial charge in [-0.3, -0.25) is 0 Å². The van der Waals surface area contributed by atoms with Crippen LogP contribution in [0.2, 0.25) is 0 Å². The van der Waals surface area contributed by atoms with E-state index in [0.717, 1.165) is 25.1 Å². The lowest BCUT2D eigenvalue weighted by Gasteiger charge is -2.27. The molecule has 3 N–H and O–H groups in total. The van der Waals surface area contributed by atoms with Gasteiger partial charge in [0.05, 0.1) is 31.1 Å². The van der Waals surface area contributed by atoms with Crippen molar-refractivity contribution in [3.05, 3.63) is 17.9 Å². The van der Waals surface area contributed by atoms with Crippen molar-refractivity contribution in [3.8, 4) is 5.75 Å². The van der Waals surface area contributed by atoms with E-state index in [2.05, 4.69) is 0 Å². The van der Waals surface area contributed by atoms with Crippen LogP contribution in [0.5, 0.6) is 5.75 Å². The first-order valence-electron chi connectivity index (χ1n) is 5.68. The second kappa shape index (κ2) is 4.79. The standard InChI is InChI=1S/C12H17FN2O2/c1-17-12-6-11(10(14)5-9(12)13)15-4-2-3-8(15)7-16/h5-6,8,16H,2-4,7,14H2,1H3. The Labute approximate surface area is 99.8 Å². The monoisotopic (exact) mass is 240 g/mol. The highest BCUT2D eigenvalue weighted by Crippen LogP contribution is 2.34. The minimum absolute atomic E-state index is 0.0625. The highest BCUT2D eigenvalue weighted by atomic mass is 19.1. The van der Waals surface area contributed by atoms with Gasteiger partial charge in [0.2, 0.25) is 0 Å². The van der Waals surface area contributed by atoms with Crippen LogP contribution < -0.4 is 15.4 Å². The van der Waals surface area contributed by atoms with Gasteiger partial charge < -0.3 is 20.5 Å². The number of anilines is 2. The van der Waals surface area contributed by atoms with Gasteiger partial charge in [0.25, 0.3) is 0 Å². The maximum atomic E-state index is 13.4. The Bertz CT molecular complexity index is 412. The van der Waals surface area contributed by atoms with Gasteiger partial charge >= 0.3 is 0 Å². The minimum atomic E-state index is -0.464. The number of nitrogen functional groups attached to an aromatic ring is 1. The van der Waals surface area contributed by atoms with Crippen molar-refractivity contribution in [1.82, 2.24) is 0 Å². The molecular weight excluding hydrogens is 223 g/mol. The average Bonchev–Trinajstić information content (AvgIpc) is 2.77. The lowest BCUT2D eigenvalue weighted by atomic mass is 10.2. The summed E-state index contributed by atoms with van der Waals surface area (Å²) in [6.07, 6.45) is 1.93. The molecule has 1 aliphatic rings. The Kier molecular flexibility index (Phi) is 3.38. The van der Waals surface area contributed by atoms with Gasteiger partial charge in [-0.2, -0.15) is 0 Å². The van der Waals surface area contributed by atoms with E-state index < -0.39 is 5.82 Å². The zero-order valence-corrected chi connectivity index (χ0v) is 9.82. The lowest BCUT2D eigenvalue weighted by Crippen LogP contribution is -2.32. The van der Waals surface area contributed by atoms with Gasteiger partial charge in [0.15, 0.2) is 11.6 Å². The molecule has 1 aromatic rings. The van der Waals surface area contributed by atoms with Gasteiger partial charge in [-0.15, -0.1) is 0 Å². The Morgan fingerprint density at radius 2 is 2.35 bits per heavy atom. The third kappa shape index (κ3) is 2.15. The van der Waals surface area contributed by atoms with E-state index in [9.17, 15) is 9.50 Å². The first kappa shape index (κ1) is 12.0. The number of rotatable bonds is 3. The topological polar surface area (TPSA) is 58.7 Å². The Hall–Kier alpha value is -1.49. The Morgan fingerprint density at radius 3 is 3.00 bits per heavy atom. The molecule has 4 nitrogen and oxygen atoms in total. The van der Waals surface area contributed by atoms with Crippen LogP contribution in [0.1, 0.15) is 12.8 Å². The molecule has 5 heteroatoms. The number of benzene rings is 1. The Morgan fingerprint density at radius 1 is 1.59 bits per heavy atom. The fraction of sp³-hybridized carbons (Fsp3) is 0.500. The fourth-order valence-electron chi connectivity index (χ4n) is 2.31. The molecule has 0 bridgehead atoms. The molecule has 1 fully saturated rings. The molecule has 0 aliphatic carbocycles. The van der Waals surface area contributed by atoms with Crippen molar-refractivity contribution in [2.24, 2.45) is 0 Å². The van der Waals surface area contributed by atoms with Gasteiger partial charge in [0.1, 0.15) is 0 Å². The summed E-state index contributed by atoms with van der Waals surface area (Å²) in [5, 5.41) is 9.28. The van der Waals surface area contributed by atoms with Crippen molar-refractivity contribution in [1.29, 1.82) is 0 Å².